The molecule has 0 bridgehead atoms. The standard InChI is InChI=1S/C11H7ClF2N2O/c1-17-9-3-2-6(4-7(9)13)10-8(14)5-15-11(12)16-10/h2-5H,1H3. The molecule has 0 amide bonds. The monoisotopic (exact) mass is 256 g/mol. The van der Waals surface area contributed by atoms with Gasteiger partial charge in [-0.15, -0.1) is 0 Å². The Morgan fingerprint density at radius 3 is 2.65 bits per heavy atom. The van der Waals surface area contributed by atoms with E-state index in [0.29, 0.717) is 0 Å². The number of halogens is 3. The van der Waals surface area contributed by atoms with E-state index in [4.69, 9.17) is 16.3 Å². The Morgan fingerprint density at radius 1 is 1.24 bits per heavy atom. The Balaban J connectivity index is 2.53. The van der Waals surface area contributed by atoms with Gasteiger partial charge in [-0.25, -0.2) is 18.7 Å². The molecule has 17 heavy (non-hydrogen) atoms. The van der Waals surface area contributed by atoms with E-state index in [1.165, 1.54) is 19.2 Å². The normalized spacial score (nSPS) is 10.4. The van der Waals surface area contributed by atoms with Crippen LogP contribution in [0.4, 0.5) is 8.78 Å². The number of methoxy groups -OCH3 is 1. The Bertz CT molecular complexity index is 563. The molecule has 0 radical (unpaired) electrons. The van der Waals surface area contributed by atoms with Crippen LogP contribution in [0.1, 0.15) is 0 Å². The maximum Gasteiger partial charge on any atom is 0.223 e. The average molecular weight is 257 g/mol. The molecule has 1 aromatic carbocycles. The Labute approximate surface area is 101 Å². The second-order valence-electron chi connectivity index (χ2n) is 3.18. The molecule has 0 aliphatic carbocycles. The van der Waals surface area contributed by atoms with Gasteiger partial charge in [0.1, 0.15) is 5.69 Å². The van der Waals surface area contributed by atoms with Crippen molar-refractivity contribution < 1.29 is 13.5 Å². The van der Waals surface area contributed by atoms with Crippen molar-refractivity contribution in [2.75, 3.05) is 7.11 Å². The summed E-state index contributed by atoms with van der Waals surface area (Å²) in [5, 5.41) is -0.0994. The predicted molar refractivity (Wildman–Crippen MR) is 58.9 cm³/mol. The van der Waals surface area contributed by atoms with Gasteiger partial charge < -0.3 is 4.74 Å². The predicted octanol–water partition coefficient (Wildman–Crippen LogP) is 3.08. The van der Waals surface area contributed by atoms with Gasteiger partial charge in [-0.2, -0.15) is 0 Å². The molecule has 88 valence electrons. The van der Waals surface area contributed by atoms with E-state index >= 15 is 0 Å². The van der Waals surface area contributed by atoms with E-state index in [2.05, 4.69) is 9.97 Å². The number of benzene rings is 1. The van der Waals surface area contributed by atoms with Crippen molar-refractivity contribution in [3.8, 4) is 17.0 Å². The van der Waals surface area contributed by atoms with Crippen LogP contribution in [0.15, 0.2) is 24.4 Å². The molecule has 6 heteroatoms. The molecule has 0 unspecified atom stereocenters. The zero-order chi connectivity index (χ0) is 12.4. The lowest BCUT2D eigenvalue weighted by atomic mass is 10.1. The van der Waals surface area contributed by atoms with Gasteiger partial charge in [0.25, 0.3) is 0 Å². The second-order valence-corrected chi connectivity index (χ2v) is 3.52. The zero-order valence-electron chi connectivity index (χ0n) is 8.75. The van der Waals surface area contributed by atoms with Crippen LogP contribution in [0.25, 0.3) is 11.3 Å². The van der Waals surface area contributed by atoms with Crippen molar-refractivity contribution in [2.45, 2.75) is 0 Å². The molecule has 2 rings (SSSR count). The van der Waals surface area contributed by atoms with Crippen molar-refractivity contribution in [2.24, 2.45) is 0 Å². The molecular formula is C11H7ClF2N2O. The number of hydrogen-bond donors (Lipinski definition) is 0. The molecule has 1 heterocycles. The van der Waals surface area contributed by atoms with Crippen molar-refractivity contribution in [1.82, 2.24) is 9.97 Å². The zero-order valence-corrected chi connectivity index (χ0v) is 9.50. The molecule has 0 atom stereocenters. The summed E-state index contributed by atoms with van der Waals surface area (Å²) in [7, 11) is 1.35. The number of hydrogen-bond acceptors (Lipinski definition) is 3. The largest absolute Gasteiger partial charge is 0.494 e. The topological polar surface area (TPSA) is 35.0 Å². The third-order valence-corrected chi connectivity index (χ3v) is 2.32. The van der Waals surface area contributed by atoms with Crippen LogP contribution in [-0.2, 0) is 0 Å². The van der Waals surface area contributed by atoms with Crippen molar-refractivity contribution in [3.05, 3.63) is 41.3 Å². The molecule has 0 fully saturated rings. The Hall–Kier alpha value is -1.75. The van der Waals surface area contributed by atoms with Crippen molar-refractivity contribution in [1.29, 1.82) is 0 Å². The van der Waals surface area contributed by atoms with Gasteiger partial charge in [0.05, 0.1) is 13.3 Å². The fourth-order valence-corrected chi connectivity index (χ4v) is 1.50. The van der Waals surface area contributed by atoms with Gasteiger partial charge in [0, 0.05) is 5.56 Å². The van der Waals surface area contributed by atoms with E-state index in [1.54, 1.807) is 0 Å². The molecule has 2 aromatic rings. The number of ether oxygens (including phenoxy) is 1. The maximum absolute atomic E-state index is 13.4. The third kappa shape index (κ3) is 2.34. The fourth-order valence-electron chi connectivity index (χ4n) is 1.36. The van der Waals surface area contributed by atoms with Crippen LogP contribution < -0.4 is 4.74 Å². The lowest BCUT2D eigenvalue weighted by Crippen LogP contribution is -1.94. The third-order valence-electron chi connectivity index (χ3n) is 2.14. The summed E-state index contributed by atoms with van der Waals surface area (Å²) in [6.07, 6.45) is 0.937. The molecule has 1 aromatic heterocycles. The molecule has 0 aliphatic rings. The average Bonchev–Trinajstić information content (AvgIpc) is 2.32. The summed E-state index contributed by atoms with van der Waals surface area (Å²) in [6.45, 7) is 0. The highest BCUT2D eigenvalue weighted by molar-refractivity contribution is 6.28. The second kappa shape index (κ2) is 4.63. The first-order valence-corrected chi connectivity index (χ1v) is 5.01. The van der Waals surface area contributed by atoms with Crippen molar-refractivity contribution in [3.63, 3.8) is 0 Å². The minimum Gasteiger partial charge on any atom is -0.494 e. The summed E-state index contributed by atoms with van der Waals surface area (Å²) in [5.74, 6) is -1.19. The molecule has 3 nitrogen and oxygen atoms in total. The summed E-state index contributed by atoms with van der Waals surface area (Å²) in [6, 6.07) is 4.00. The van der Waals surface area contributed by atoms with E-state index < -0.39 is 11.6 Å². The Morgan fingerprint density at radius 2 is 2.00 bits per heavy atom. The smallest absolute Gasteiger partial charge is 0.223 e. The van der Waals surface area contributed by atoms with E-state index in [0.717, 1.165) is 12.3 Å². The first-order chi connectivity index (χ1) is 8.11. The van der Waals surface area contributed by atoms with Gasteiger partial charge in [-0.05, 0) is 29.8 Å². The summed E-state index contributed by atoms with van der Waals surface area (Å²) >= 11 is 5.56. The van der Waals surface area contributed by atoms with Gasteiger partial charge in [0.15, 0.2) is 17.4 Å². The lowest BCUT2D eigenvalue weighted by molar-refractivity contribution is 0.386. The highest BCUT2D eigenvalue weighted by Crippen LogP contribution is 2.26. The quantitative estimate of drug-likeness (QED) is 0.775. The van der Waals surface area contributed by atoms with Crippen molar-refractivity contribution >= 4 is 11.6 Å². The minimum atomic E-state index is -0.668. The van der Waals surface area contributed by atoms with Crippen LogP contribution in [0.3, 0.4) is 0 Å². The van der Waals surface area contributed by atoms with E-state index in [-0.39, 0.29) is 22.3 Å². The first-order valence-electron chi connectivity index (χ1n) is 4.64. The number of aromatic nitrogens is 2. The first kappa shape index (κ1) is 11.7. The molecule has 0 aliphatic heterocycles. The molecule has 0 spiro atoms. The molecule has 0 saturated carbocycles. The van der Waals surface area contributed by atoms with Crippen LogP contribution in [-0.4, -0.2) is 17.1 Å². The van der Waals surface area contributed by atoms with E-state index in [1.807, 2.05) is 0 Å². The van der Waals surface area contributed by atoms with Gasteiger partial charge in [0.2, 0.25) is 5.28 Å². The number of nitrogens with zero attached hydrogens (tertiary/aromatic N) is 2. The Kier molecular flexibility index (Phi) is 3.19. The molecule has 0 saturated heterocycles. The van der Waals surface area contributed by atoms with Gasteiger partial charge >= 0.3 is 0 Å². The minimum absolute atomic E-state index is 0.0495. The SMILES string of the molecule is COc1ccc(-c2nc(Cl)ncc2F)cc1F. The van der Waals surface area contributed by atoms with Crippen LogP contribution in [0.2, 0.25) is 5.28 Å². The molecule has 0 N–H and O–H groups in total. The van der Waals surface area contributed by atoms with E-state index in [9.17, 15) is 8.78 Å². The highest BCUT2D eigenvalue weighted by atomic mass is 35.5. The summed E-state index contributed by atoms with van der Waals surface area (Å²) < 4.78 is 31.6. The lowest BCUT2D eigenvalue weighted by Gasteiger charge is -2.05. The van der Waals surface area contributed by atoms with Crippen LogP contribution >= 0.6 is 11.6 Å². The summed E-state index contributed by atoms with van der Waals surface area (Å²) in [5.41, 5.74) is 0.219. The maximum atomic E-state index is 13.4. The van der Waals surface area contributed by atoms with Crippen LogP contribution in [0.5, 0.6) is 5.75 Å². The number of rotatable bonds is 2. The fraction of sp³-hybridized carbons (Fsp3) is 0.0909. The molecular weight excluding hydrogens is 250 g/mol. The van der Waals surface area contributed by atoms with Gasteiger partial charge in [-0.3, -0.25) is 0 Å². The summed E-state index contributed by atoms with van der Waals surface area (Å²) in [4.78, 5) is 7.19. The van der Waals surface area contributed by atoms with Crippen LogP contribution in [0, 0.1) is 11.6 Å². The highest BCUT2D eigenvalue weighted by Gasteiger charge is 2.11. The van der Waals surface area contributed by atoms with Gasteiger partial charge in [-0.1, -0.05) is 0 Å².